The van der Waals surface area contributed by atoms with Gasteiger partial charge in [-0.2, -0.15) is 0 Å². The number of imide groups is 1. The van der Waals surface area contributed by atoms with Crippen molar-refractivity contribution in [3.8, 4) is 0 Å². The molecule has 2 unspecified atom stereocenters. The van der Waals surface area contributed by atoms with E-state index in [2.05, 4.69) is 17.2 Å². The van der Waals surface area contributed by atoms with Crippen molar-refractivity contribution in [2.45, 2.75) is 51.7 Å². The molecular weight excluding hydrogens is 348 g/mol. The molecule has 0 spiro atoms. The largest absolute Gasteiger partial charge is 0.336 e. The number of likely N-dealkylation sites (N-methyl/N-ethyl adjacent to an activating group) is 1. The maximum absolute atomic E-state index is 12.3. The van der Waals surface area contributed by atoms with E-state index >= 15 is 0 Å². The summed E-state index contributed by atoms with van der Waals surface area (Å²) in [6.07, 6.45) is 5.95. The lowest BCUT2D eigenvalue weighted by atomic mass is 10.1. The van der Waals surface area contributed by atoms with Gasteiger partial charge in [0.2, 0.25) is 0 Å². The van der Waals surface area contributed by atoms with Crippen molar-refractivity contribution in [1.29, 1.82) is 0 Å². The molecule has 0 saturated carbocycles. The van der Waals surface area contributed by atoms with Crippen molar-refractivity contribution in [2.75, 3.05) is 19.3 Å². The van der Waals surface area contributed by atoms with E-state index in [1.54, 1.807) is 18.8 Å². The summed E-state index contributed by atoms with van der Waals surface area (Å²) in [4.78, 5) is 32.4. The van der Waals surface area contributed by atoms with Gasteiger partial charge in [0.15, 0.2) is 17.4 Å². The lowest BCUT2D eigenvalue weighted by Crippen LogP contribution is -2.63. The zero-order valence-electron chi connectivity index (χ0n) is 14.4. The number of hydrogen-bond donors (Lipinski definition) is 1. The van der Waals surface area contributed by atoms with Gasteiger partial charge in [-0.15, -0.1) is 0 Å². The van der Waals surface area contributed by atoms with Crippen LogP contribution < -0.4 is 5.32 Å². The smallest absolute Gasteiger partial charge is 0.325 e. The fourth-order valence-electron chi connectivity index (χ4n) is 2.80. The Hall–Kier alpha value is -1.21. The number of carbonyl (C=O) groups is 2. The van der Waals surface area contributed by atoms with Gasteiger partial charge in [-0.25, -0.2) is 9.79 Å². The van der Waals surface area contributed by atoms with Crippen molar-refractivity contribution in [3.05, 3.63) is 11.1 Å². The Balaban J connectivity index is 2.12. The Bertz CT molecular complexity index is 548. The molecule has 1 fully saturated rings. The van der Waals surface area contributed by atoms with Crippen LogP contribution in [0, 0.1) is 0 Å². The Labute approximate surface area is 152 Å². The van der Waals surface area contributed by atoms with E-state index in [1.807, 2.05) is 17.9 Å². The third-order valence-electron chi connectivity index (χ3n) is 4.15. The highest BCUT2D eigenvalue weighted by atomic mass is 35.5. The van der Waals surface area contributed by atoms with Crippen LogP contribution in [0.2, 0.25) is 0 Å². The van der Waals surface area contributed by atoms with Gasteiger partial charge in [0.05, 0.1) is 0 Å². The molecule has 134 valence electrons. The number of thioether (sulfide) groups is 1. The van der Waals surface area contributed by atoms with Gasteiger partial charge in [-0.3, -0.25) is 10.1 Å². The molecule has 2 aliphatic rings. The molecule has 0 aromatic rings. The van der Waals surface area contributed by atoms with Gasteiger partial charge in [0.25, 0.3) is 5.91 Å². The first-order valence-corrected chi connectivity index (χ1v) is 9.69. The van der Waals surface area contributed by atoms with Crippen molar-refractivity contribution in [2.24, 2.45) is 4.99 Å². The van der Waals surface area contributed by atoms with Gasteiger partial charge < -0.3 is 9.80 Å². The number of urea groups is 1. The Morgan fingerprint density at radius 1 is 1.38 bits per heavy atom. The van der Waals surface area contributed by atoms with Crippen LogP contribution in [0.25, 0.3) is 0 Å². The Morgan fingerprint density at radius 2 is 2.12 bits per heavy atom. The van der Waals surface area contributed by atoms with Crippen molar-refractivity contribution in [1.82, 2.24) is 15.1 Å². The number of aliphatic imine (C=N–C) groups is 1. The summed E-state index contributed by atoms with van der Waals surface area (Å²) in [6, 6.07) is -0.823. The topological polar surface area (TPSA) is 65.0 Å². The number of allylic oxidation sites excluding steroid dienone is 1. The molecule has 6 nitrogen and oxygen atoms in total. The third-order valence-corrected chi connectivity index (χ3v) is 5.24. The second-order valence-electron chi connectivity index (χ2n) is 6.03. The van der Waals surface area contributed by atoms with Crippen molar-refractivity contribution < 1.29 is 9.59 Å². The van der Waals surface area contributed by atoms with Gasteiger partial charge in [-0.05, 0) is 13.3 Å². The molecular formula is C16H25ClN4O2S. The Morgan fingerprint density at radius 3 is 2.79 bits per heavy atom. The molecule has 0 aliphatic carbocycles. The highest BCUT2D eigenvalue weighted by molar-refractivity contribution is 8.13. The number of hydrogen-bond acceptors (Lipinski definition) is 5. The number of unbranched alkanes of at least 4 members (excludes halogenated alkanes) is 3. The van der Waals surface area contributed by atoms with Gasteiger partial charge in [-0.1, -0.05) is 55.6 Å². The van der Waals surface area contributed by atoms with Crippen LogP contribution in [0.3, 0.4) is 0 Å². The van der Waals surface area contributed by atoms with E-state index in [4.69, 9.17) is 11.6 Å². The van der Waals surface area contributed by atoms with Gasteiger partial charge >= 0.3 is 6.03 Å². The summed E-state index contributed by atoms with van der Waals surface area (Å²) in [5.74, 6) is 0.431. The van der Waals surface area contributed by atoms with E-state index in [1.165, 1.54) is 17.7 Å². The lowest BCUT2D eigenvalue weighted by molar-refractivity contribution is -0.127. The van der Waals surface area contributed by atoms with Crippen LogP contribution in [0.15, 0.2) is 16.1 Å². The van der Waals surface area contributed by atoms with Gasteiger partial charge in [0, 0.05) is 24.4 Å². The highest BCUT2D eigenvalue weighted by Gasteiger charge is 2.48. The molecule has 0 bridgehead atoms. The second kappa shape index (κ2) is 8.76. The van der Waals surface area contributed by atoms with E-state index < -0.39 is 18.2 Å². The number of nitrogens with one attached hydrogen (secondary N) is 1. The number of amidine groups is 1. The molecule has 8 heteroatoms. The summed E-state index contributed by atoms with van der Waals surface area (Å²) >= 11 is 7.44. The first kappa shape index (κ1) is 19.1. The highest BCUT2D eigenvalue weighted by Crippen LogP contribution is 2.29. The number of rotatable bonds is 7. The summed E-state index contributed by atoms with van der Waals surface area (Å²) in [7, 11) is 1.68. The number of halogens is 1. The molecule has 0 aromatic heterocycles. The number of amides is 3. The van der Waals surface area contributed by atoms with E-state index in [0.717, 1.165) is 29.6 Å². The predicted octanol–water partition coefficient (Wildman–Crippen LogP) is 2.99. The molecule has 2 atom stereocenters. The molecule has 3 amide bonds. The molecule has 1 N–H and O–H groups in total. The van der Waals surface area contributed by atoms with Crippen LogP contribution in [0.5, 0.6) is 0 Å². The van der Waals surface area contributed by atoms with Gasteiger partial charge in [0.1, 0.15) is 0 Å². The zero-order valence-corrected chi connectivity index (χ0v) is 16.0. The normalized spacial score (nSPS) is 24.2. The lowest BCUT2D eigenvalue weighted by Gasteiger charge is -2.36. The number of carbonyl (C=O) groups excluding carboxylic acids is 2. The summed E-state index contributed by atoms with van der Waals surface area (Å²) in [5, 5.41) is 3.96. The maximum Gasteiger partial charge on any atom is 0.325 e. The first-order valence-electron chi connectivity index (χ1n) is 8.32. The van der Waals surface area contributed by atoms with Crippen molar-refractivity contribution >= 4 is 40.5 Å². The van der Waals surface area contributed by atoms with E-state index in [-0.39, 0.29) is 5.91 Å². The minimum absolute atomic E-state index is 0.262. The Kier molecular flexibility index (Phi) is 6.98. The van der Waals surface area contributed by atoms with Crippen LogP contribution in [0.4, 0.5) is 4.79 Å². The molecule has 0 aromatic carbocycles. The predicted molar refractivity (Wildman–Crippen MR) is 99.2 cm³/mol. The van der Waals surface area contributed by atoms with Crippen LogP contribution >= 0.6 is 23.4 Å². The minimum atomic E-state index is -0.444. The summed E-state index contributed by atoms with van der Waals surface area (Å²) < 4.78 is 0. The molecule has 2 heterocycles. The molecule has 1 saturated heterocycles. The SMILES string of the molecule is CCCCCCN1C(SC/C=C(\C)Cl)=NC2C1C(=O)NC(=O)N2C. The van der Waals surface area contributed by atoms with Crippen LogP contribution in [0.1, 0.15) is 39.5 Å². The average molecular weight is 373 g/mol. The molecule has 24 heavy (non-hydrogen) atoms. The third kappa shape index (κ3) is 4.45. The second-order valence-corrected chi connectivity index (χ2v) is 7.61. The fourth-order valence-corrected chi connectivity index (χ4v) is 4.00. The number of nitrogens with zero attached hydrogens (tertiary/aromatic N) is 3. The first-order chi connectivity index (χ1) is 11.5. The van der Waals surface area contributed by atoms with Crippen LogP contribution in [-0.2, 0) is 4.79 Å². The van der Waals surface area contributed by atoms with Crippen LogP contribution in [-0.4, -0.2) is 58.5 Å². The maximum atomic E-state index is 12.3. The summed E-state index contributed by atoms with van der Waals surface area (Å²) in [6.45, 7) is 4.78. The van der Waals surface area contributed by atoms with E-state index in [9.17, 15) is 9.59 Å². The van der Waals surface area contributed by atoms with Crippen molar-refractivity contribution in [3.63, 3.8) is 0 Å². The standard InChI is InChI=1S/C16H25ClN4O2S/c1-4-5-6-7-9-21-12-13(20(3)15(23)19-14(12)22)18-16(21)24-10-8-11(2)17/h8,12-13H,4-7,9-10H2,1-3H3,(H,19,22,23)/b11-8+. The molecule has 2 rings (SSSR count). The number of fused-ring (bicyclic) bond motifs is 1. The molecule has 0 radical (unpaired) electrons. The minimum Gasteiger partial charge on any atom is -0.336 e. The van der Waals surface area contributed by atoms with E-state index in [0.29, 0.717) is 5.75 Å². The summed E-state index contributed by atoms with van der Waals surface area (Å²) in [5.41, 5.74) is 0. The fraction of sp³-hybridized carbons (Fsp3) is 0.688. The molecule has 2 aliphatic heterocycles. The average Bonchev–Trinajstić information content (AvgIpc) is 2.88. The monoisotopic (exact) mass is 372 g/mol. The quantitative estimate of drug-likeness (QED) is 0.698. The zero-order chi connectivity index (χ0) is 17.7.